The number of carbonyl (C=O) groups excluding carboxylic acids is 1. The Morgan fingerprint density at radius 2 is 2.14 bits per heavy atom. The van der Waals surface area contributed by atoms with Crippen LogP contribution in [0, 0.1) is 12.7 Å². The normalized spacial score (nSPS) is 15.3. The second kappa shape index (κ2) is 10.9. The van der Waals surface area contributed by atoms with Crippen LogP contribution in [0.4, 0.5) is 27.8 Å². The minimum Gasteiger partial charge on any atom is -0.383 e. The number of hydrogen-bond acceptors (Lipinski definition) is 8. The molecule has 0 saturated carbocycles. The van der Waals surface area contributed by atoms with Crippen molar-refractivity contribution < 1.29 is 13.9 Å². The van der Waals surface area contributed by atoms with Gasteiger partial charge in [-0.1, -0.05) is 11.6 Å². The second-order valence-electron chi connectivity index (χ2n) is 8.42. The first-order chi connectivity index (χ1) is 16.8. The molecule has 1 amide bonds. The lowest BCUT2D eigenvalue weighted by molar-refractivity contribution is 0.0787. The Balaban J connectivity index is 1.49. The molecule has 1 aliphatic heterocycles. The van der Waals surface area contributed by atoms with Crippen LogP contribution in [0.5, 0.6) is 0 Å². The molecule has 1 fully saturated rings. The number of carbonyl (C=O) groups is 1. The summed E-state index contributed by atoms with van der Waals surface area (Å²) in [5.41, 5.74) is 0.930. The number of aryl methyl sites for hydroxylation is 1. The van der Waals surface area contributed by atoms with Crippen LogP contribution in [0.25, 0.3) is 0 Å². The predicted octanol–water partition coefficient (Wildman–Crippen LogP) is 3.45. The van der Waals surface area contributed by atoms with Gasteiger partial charge in [0.1, 0.15) is 17.5 Å². The Bertz CT molecular complexity index is 1190. The van der Waals surface area contributed by atoms with E-state index in [1.807, 2.05) is 31.0 Å². The smallest absolute Gasteiger partial charge is 0.256 e. The van der Waals surface area contributed by atoms with Crippen LogP contribution in [0.3, 0.4) is 0 Å². The summed E-state index contributed by atoms with van der Waals surface area (Å²) in [5.74, 6) is 1.33. The van der Waals surface area contributed by atoms with Gasteiger partial charge in [0.05, 0.1) is 12.2 Å². The number of nitrogens with one attached hydrogen (secondary N) is 3. The van der Waals surface area contributed by atoms with Crippen LogP contribution in [-0.2, 0) is 4.74 Å². The maximum Gasteiger partial charge on any atom is 0.256 e. The van der Waals surface area contributed by atoms with Crippen molar-refractivity contribution in [2.45, 2.75) is 19.4 Å². The van der Waals surface area contributed by atoms with E-state index < -0.39 is 5.82 Å². The number of amides is 1. The highest BCUT2D eigenvalue weighted by molar-refractivity contribution is 6.30. The number of hydrogen-bond donors (Lipinski definition) is 3. The lowest BCUT2D eigenvalue weighted by atomic mass is 10.2. The van der Waals surface area contributed by atoms with Gasteiger partial charge in [0.15, 0.2) is 5.82 Å². The average molecular weight is 503 g/mol. The minimum atomic E-state index is -0.627. The van der Waals surface area contributed by atoms with Crippen molar-refractivity contribution in [3.63, 3.8) is 0 Å². The number of aromatic amines is 1. The maximum absolute atomic E-state index is 14.2. The van der Waals surface area contributed by atoms with E-state index in [0.29, 0.717) is 56.1 Å². The van der Waals surface area contributed by atoms with E-state index in [0.717, 1.165) is 11.8 Å². The average Bonchev–Trinajstić information content (AvgIpc) is 3.45. The molecule has 10 nitrogen and oxygen atoms in total. The van der Waals surface area contributed by atoms with Crippen molar-refractivity contribution >= 4 is 40.9 Å². The van der Waals surface area contributed by atoms with Crippen molar-refractivity contribution in [1.82, 2.24) is 25.1 Å². The molecule has 3 N–H and O–H groups in total. The molecule has 0 unspecified atom stereocenters. The van der Waals surface area contributed by atoms with Gasteiger partial charge < -0.3 is 25.2 Å². The summed E-state index contributed by atoms with van der Waals surface area (Å²) in [6.45, 7) is 3.99. The molecule has 3 aromatic rings. The molecule has 0 bridgehead atoms. The van der Waals surface area contributed by atoms with Gasteiger partial charge in [0.2, 0.25) is 5.95 Å². The highest BCUT2D eigenvalue weighted by Gasteiger charge is 2.29. The Morgan fingerprint density at radius 3 is 2.86 bits per heavy atom. The van der Waals surface area contributed by atoms with Crippen molar-refractivity contribution in [1.29, 1.82) is 0 Å². The van der Waals surface area contributed by atoms with E-state index in [4.69, 9.17) is 16.3 Å². The van der Waals surface area contributed by atoms with Gasteiger partial charge in [-0.15, -0.1) is 0 Å². The monoisotopic (exact) mass is 502 g/mol. The first kappa shape index (κ1) is 24.7. The largest absolute Gasteiger partial charge is 0.383 e. The number of anilines is 4. The van der Waals surface area contributed by atoms with Crippen LogP contribution < -0.4 is 15.5 Å². The van der Waals surface area contributed by atoms with Gasteiger partial charge in [-0.3, -0.25) is 9.89 Å². The number of likely N-dealkylation sites (N-methyl/N-ethyl adjacent to an activating group) is 1. The molecule has 2 aromatic heterocycles. The summed E-state index contributed by atoms with van der Waals surface area (Å²) < 4.78 is 19.4. The zero-order valence-electron chi connectivity index (χ0n) is 19.8. The van der Waals surface area contributed by atoms with Gasteiger partial charge in [0.25, 0.3) is 5.91 Å². The van der Waals surface area contributed by atoms with E-state index in [-0.39, 0.29) is 22.5 Å². The Hall–Kier alpha value is -3.44. The number of rotatable bonds is 9. The summed E-state index contributed by atoms with van der Waals surface area (Å²) >= 11 is 5.81. The number of benzene rings is 1. The van der Waals surface area contributed by atoms with Gasteiger partial charge in [0, 0.05) is 62.7 Å². The van der Waals surface area contributed by atoms with Gasteiger partial charge >= 0.3 is 0 Å². The van der Waals surface area contributed by atoms with Gasteiger partial charge in [-0.2, -0.15) is 15.1 Å². The fraction of sp³-hybridized carbons (Fsp3) is 0.391. The third-order valence-corrected chi connectivity index (χ3v) is 5.90. The molecule has 1 aliphatic rings. The van der Waals surface area contributed by atoms with E-state index in [9.17, 15) is 9.18 Å². The first-order valence-electron chi connectivity index (χ1n) is 11.2. The first-order valence-corrected chi connectivity index (χ1v) is 11.6. The lowest BCUT2D eigenvalue weighted by Crippen LogP contribution is -2.32. The molecule has 4 rings (SSSR count). The van der Waals surface area contributed by atoms with Crippen LogP contribution >= 0.6 is 11.6 Å². The lowest BCUT2D eigenvalue weighted by Gasteiger charge is -2.21. The number of aromatic nitrogens is 4. The van der Waals surface area contributed by atoms with Crippen LogP contribution in [0.1, 0.15) is 22.5 Å². The minimum absolute atomic E-state index is 0.00819. The molecule has 12 heteroatoms. The Labute approximate surface area is 207 Å². The number of nitrogens with zero attached hydrogens (tertiary/aromatic N) is 5. The third-order valence-electron chi connectivity index (χ3n) is 5.67. The Morgan fingerprint density at radius 1 is 1.31 bits per heavy atom. The standard InChI is InChI=1S/C23H28ClFN8O2/c1-14-10-20(31-30-14)27-19-12-21(32(2)8-9-35-3)29-23(28-19)26-16-6-7-33(13-16)22(34)17-5-4-15(24)11-18(17)25/h4-5,10-12,16H,6-9,13H2,1-3H3,(H3,26,27,28,29,30,31)/t16-/m0/s1. The predicted molar refractivity (Wildman–Crippen MR) is 133 cm³/mol. The highest BCUT2D eigenvalue weighted by Crippen LogP contribution is 2.24. The summed E-state index contributed by atoms with van der Waals surface area (Å²) in [6.07, 6.45) is 0.676. The molecular weight excluding hydrogens is 475 g/mol. The van der Waals surface area contributed by atoms with Crippen molar-refractivity contribution in [2.24, 2.45) is 0 Å². The van der Waals surface area contributed by atoms with Gasteiger partial charge in [-0.25, -0.2) is 4.39 Å². The van der Waals surface area contributed by atoms with Crippen molar-refractivity contribution in [3.8, 4) is 0 Å². The second-order valence-corrected chi connectivity index (χ2v) is 8.85. The fourth-order valence-corrected chi connectivity index (χ4v) is 3.95. The molecule has 1 saturated heterocycles. The molecule has 1 atom stereocenters. The summed E-state index contributed by atoms with van der Waals surface area (Å²) in [4.78, 5) is 25.6. The molecular formula is C23H28ClFN8O2. The van der Waals surface area contributed by atoms with Crippen molar-refractivity contribution in [2.75, 3.05) is 55.9 Å². The van der Waals surface area contributed by atoms with Crippen molar-refractivity contribution in [3.05, 3.63) is 52.4 Å². The maximum atomic E-state index is 14.2. The van der Waals surface area contributed by atoms with Crippen LogP contribution in [0.2, 0.25) is 5.02 Å². The molecule has 0 spiro atoms. The third kappa shape index (κ3) is 6.17. The topological polar surface area (TPSA) is 111 Å². The summed E-state index contributed by atoms with van der Waals surface area (Å²) in [7, 11) is 3.57. The fourth-order valence-electron chi connectivity index (χ4n) is 3.79. The van der Waals surface area contributed by atoms with Crippen LogP contribution in [-0.4, -0.2) is 77.4 Å². The molecule has 3 heterocycles. The summed E-state index contributed by atoms with van der Waals surface area (Å²) in [6, 6.07) is 7.69. The summed E-state index contributed by atoms with van der Waals surface area (Å²) in [5, 5.41) is 13.9. The quantitative estimate of drug-likeness (QED) is 0.408. The molecule has 1 aromatic carbocycles. The molecule has 0 radical (unpaired) electrons. The molecule has 0 aliphatic carbocycles. The SMILES string of the molecule is COCCN(C)c1cc(Nc2cc(C)[nH]n2)nc(N[C@H]2CCN(C(=O)c3ccc(Cl)cc3F)C2)n1. The van der Waals surface area contributed by atoms with E-state index in [2.05, 4.69) is 30.8 Å². The zero-order chi connectivity index (χ0) is 24.9. The number of halogens is 2. The number of methoxy groups -OCH3 is 1. The highest BCUT2D eigenvalue weighted by atomic mass is 35.5. The molecule has 186 valence electrons. The van der Waals surface area contributed by atoms with E-state index >= 15 is 0 Å². The zero-order valence-corrected chi connectivity index (χ0v) is 20.6. The van der Waals surface area contributed by atoms with E-state index in [1.165, 1.54) is 12.1 Å². The number of H-pyrrole nitrogens is 1. The molecule has 35 heavy (non-hydrogen) atoms. The van der Waals surface area contributed by atoms with Gasteiger partial charge in [-0.05, 0) is 31.5 Å². The van der Waals surface area contributed by atoms with E-state index in [1.54, 1.807) is 12.0 Å². The number of likely N-dealkylation sites (tertiary alicyclic amines) is 1. The Kier molecular flexibility index (Phi) is 7.67. The van der Waals surface area contributed by atoms with Crippen LogP contribution in [0.15, 0.2) is 30.3 Å². The number of ether oxygens (including phenoxy) is 1.